The first-order chi connectivity index (χ1) is 14.5. The second kappa shape index (κ2) is 6.80. The Bertz CT molecular complexity index is 1030. The lowest BCUT2D eigenvalue weighted by molar-refractivity contribution is -0.156. The van der Waals surface area contributed by atoms with Gasteiger partial charge in [0.2, 0.25) is 6.79 Å². The Morgan fingerprint density at radius 3 is 2.63 bits per heavy atom. The highest BCUT2D eigenvalue weighted by Gasteiger charge is 2.56. The van der Waals surface area contributed by atoms with Gasteiger partial charge in [0.15, 0.2) is 29.1 Å². The van der Waals surface area contributed by atoms with Crippen LogP contribution in [-0.4, -0.2) is 45.5 Å². The van der Waals surface area contributed by atoms with Crippen LogP contribution in [0.15, 0.2) is 24.3 Å². The second-order valence-corrected chi connectivity index (χ2v) is 8.00. The summed E-state index contributed by atoms with van der Waals surface area (Å²) in [5.41, 5.74) is 3.69. The number of carbonyl (C=O) groups excluding carboxylic acids is 1. The monoisotopic (exact) mass is 411 g/mol. The summed E-state index contributed by atoms with van der Waals surface area (Å²) < 4.78 is 28.6. The van der Waals surface area contributed by atoms with Gasteiger partial charge in [-0.05, 0) is 54.8 Å². The van der Waals surface area contributed by atoms with E-state index < -0.39 is 11.6 Å². The van der Waals surface area contributed by atoms with Gasteiger partial charge in [0.25, 0.3) is 0 Å². The van der Waals surface area contributed by atoms with Gasteiger partial charge in [-0.2, -0.15) is 0 Å². The average molecular weight is 411 g/mol. The Kier molecular flexibility index (Phi) is 4.32. The van der Waals surface area contributed by atoms with Crippen LogP contribution in [0.25, 0.3) is 0 Å². The SMILES string of the molecule is COc1cc2c(cc1OC)C1(Cc3ccc4c(c3C1OC(C)=O)OCO4)N(C)CC2. The molecule has 0 saturated carbocycles. The maximum atomic E-state index is 12.2. The predicted octanol–water partition coefficient (Wildman–Crippen LogP) is 2.98. The van der Waals surface area contributed by atoms with Crippen LogP contribution >= 0.6 is 0 Å². The maximum Gasteiger partial charge on any atom is 0.303 e. The number of hydrogen-bond donors (Lipinski definition) is 0. The Morgan fingerprint density at radius 1 is 1.13 bits per heavy atom. The fraction of sp³-hybridized carbons (Fsp3) is 0.435. The van der Waals surface area contributed by atoms with Crippen molar-refractivity contribution in [2.45, 2.75) is 31.4 Å². The number of benzene rings is 2. The molecule has 7 nitrogen and oxygen atoms in total. The van der Waals surface area contributed by atoms with Gasteiger partial charge in [0.05, 0.1) is 19.8 Å². The molecule has 2 aliphatic heterocycles. The third kappa shape index (κ3) is 2.51. The first kappa shape index (κ1) is 19.1. The normalized spacial score (nSPS) is 23.8. The number of likely N-dealkylation sites (N-methyl/N-ethyl adjacent to an activating group) is 1. The standard InChI is InChI=1S/C23H25NO6/c1-13(25)30-22-20-15(5-6-17-21(20)29-12-28-17)11-23(22)16-10-19(27-4)18(26-3)9-14(16)7-8-24(23)2/h5-6,9-10,22H,7-8,11-12H2,1-4H3. The summed E-state index contributed by atoms with van der Waals surface area (Å²) in [6.07, 6.45) is 1.04. The van der Waals surface area contributed by atoms with Crippen molar-refractivity contribution in [3.8, 4) is 23.0 Å². The van der Waals surface area contributed by atoms with E-state index in [0.29, 0.717) is 29.4 Å². The second-order valence-electron chi connectivity index (χ2n) is 8.00. The Balaban J connectivity index is 1.76. The largest absolute Gasteiger partial charge is 0.493 e. The van der Waals surface area contributed by atoms with E-state index in [9.17, 15) is 4.79 Å². The molecule has 0 aromatic heterocycles. The van der Waals surface area contributed by atoms with Crippen LogP contribution < -0.4 is 18.9 Å². The summed E-state index contributed by atoms with van der Waals surface area (Å²) in [5, 5.41) is 0. The minimum absolute atomic E-state index is 0.170. The zero-order valence-electron chi connectivity index (χ0n) is 17.6. The minimum Gasteiger partial charge on any atom is -0.493 e. The smallest absolute Gasteiger partial charge is 0.303 e. The Labute approximate surface area is 175 Å². The fourth-order valence-electron chi connectivity index (χ4n) is 5.22. The van der Waals surface area contributed by atoms with Crippen LogP contribution in [-0.2, 0) is 27.9 Å². The van der Waals surface area contributed by atoms with Gasteiger partial charge in [0.1, 0.15) is 0 Å². The highest BCUT2D eigenvalue weighted by Crippen LogP contribution is 2.59. The number of methoxy groups -OCH3 is 2. The minimum atomic E-state index is -0.567. The van der Waals surface area contributed by atoms with Crippen molar-refractivity contribution in [2.24, 2.45) is 0 Å². The van der Waals surface area contributed by atoms with Gasteiger partial charge >= 0.3 is 5.97 Å². The topological polar surface area (TPSA) is 66.5 Å². The van der Waals surface area contributed by atoms with Crippen molar-refractivity contribution in [3.63, 3.8) is 0 Å². The van der Waals surface area contributed by atoms with E-state index in [0.717, 1.165) is 29.7 Å². The summed E-state index contributed by atoms with van der Waals surface area (Å²) in [5.74, 6) is 2.40. The first-order valence-corrected chi connectivity index (χ1v) is 10.0. The molecule has 2 aromatic rings. The molecule has 0 radical (unpaired) electrons. The fourth-order valence-corrected chi connectivity index (χ4v) is 5.22. The number of rotatable bonds is 3. The van der Waals surface area contributed by atoms with E-state index in [4.69, 9.17) is 23.7 Å². The molecule has 2 unspecified atom stereocenters. The van der Waals surface area contributed by atoms with E-state index >= 15 is 0 Å². The van der Waals surface area contributed by atoms with Crippen molar-refractivity contribution in [1.82, 2.24) is 4.90 Å². The lowest BCUT2D eigenvalue weighted by Gasteiger charge is -2.47. The van der Waals surface area contributed by atoms with E-state index in [2.05, 4.69) is 18.0 Å². The van der Waals surface area contributed by atoms with Crippen molar-refractivity contribution in [2.75, 3.05) is 34.6 Å². The molecule has 0 amide bonds. The Morgan fingerprint density at radius 2 is 1.90 bits per heavy atom. The van der Waals surface area contributed by atoms with Crippen LogP contribution in [0.5, 0.6) is 23.0 Å². The third-order valence-electron chi connectivity index (χ3n) is 6.58. The quantitative estimate of drug-likeness (QED) is 0.720. The first-order valence-electron chi connectivity index (χ1n) is 10.0. The van der Waals surface area contributed by atoms with Crippen LogP contribution in [0.4, 0.5) is 0 Å². The molecule has 3 aliphatic rings. The molecule has 0 N–H and O–H groups in total. The molecule has 0 saturated heterocycles. The molecular formula is C23H25NO6. The van der Waals surface area contributed by atoms with Crippen LogP contribution in [0.1, 0.15) is 35.3 Å². The van der Waals surface area contributed by atoms with Crippen molar-refractivity contribution >= 4 is 5.97 Å². The number of hydrogen-bond acceptors (Lipinski definition) is 7. The molecule has 2 aromatic carbocycles. The Hall–Kier alpha value is -2.93. The predicted molar refractivity (Wildman–Crippen MR) is 108 cm³/mol. The van der Waals surface area contributed by atoms with Crippen LogP contribution in [0.3, 0.4) is 0 Å². The third-order valence-corrected chi connectivity index (χ3v) is 6.58. The van der Waals surface area contributed by atoms with Crippen LogP contribution in [0, 0.1) is 0 Å². The van der Waals surface area contributed by atoms with Crippen LogP contribution in [0.2, 0.25) is 0 Å². The van der Waals surface area contributed by atoms with Crippen molar-refractivity contribution < 1.29 is 28.5 Å². The highest BCUT2D eigenvalue weighted by atomic mass is 16.7. The van der Waals surface area contributed by atoms with Crippen molar-refractivity contribution in [3.05, 3.63) is 46.5 Å². The lowest BCUT2D eigenvalue weighted by Crippen LogP contribution is -2.52. The van der Waals surface area contributed by atoms with E-state index in [1.165, 1.54) is 12.5 Å². The van der Waals surface area contributed by atoms with E-state index in [-0.39, 0.29) is 12.8 Å². The van der Waals surface area contributed by atoms with E-state index in [1.807, 2.05) is 18.2 Å². The molecule has 30 heavy (non-hydrogen) atoms. The molecule has 2 atom stereocenters. The molecule has 2 heterocycles. The molecule has 7 heteroatoms. The lowest BCUT2D eigenvalue weighted by atomic mass is 9.76. The summed E-state index contributed by atoms with van der Waals surface area (Å²) in [6.45, 7) is 2.45. The average Bonchev–Trinajstić information content (AvgIpc) is 3.33. The van der Waals surface area contributed by atoms with Gasteiger partial charge in [0, 0.05) is 19.0 Å². The number of esters is 1. The van der Waals surface area contributed by atoms with Gasteiger partial charge < -0.3 is 23.7 Å². The molecule has 0 bridgehead atoms. The maximum absolute atomic E-state index is 12.2. The summed E-state index contributed by atoms with van der Waals surface area (Å²) in [6, 6.07) is 8.06. The molecule has 158 valence electrons. The van der Waals surface area contributed by atoms with Gasteiger partial charge in [-0.3, -0.25) is 9.69 Å². The van der Waals surface area contributed by atoms with E-state index in [1.54, 1.807) is 14.2 Å². The summed E-state index contributed by atoms with van der Waals surface area (Å²) in [4.78, 5) is 14.5. The molecule has 1 aliphatic carbocycles. The zero-order valence-corrected chi connectivity index (χ0v) is 17.6. The number of nitrogens with zero attached hydrogens (tertiary/aromatic N) is 1. The van der Waals surface area contributed by atoms with Crippen molar-refractivity contribution in [1.29, 1.82) is 0 Å². The van der Waals surface area contributed by atoms with Gasteiger partial charge in [-0.15, -0.1) is 0 Å². The zero-order chi connectivity index (χ0) is 21.0. The summed E-state index contributed by atoms with van der Waals surface area (Å²) in [7, 11) is 5.36. The number of fused-ring (bicyclic) bond motifs is 5. The number of ether oxygens (including phenoxy) is 5. The molecule has 5 rings (SSSR count). The van der Waals surface area contributed by atoms with Gasteiger partial charge in [-0.1, -0.05) is 6.07 Å². The molecular weight excluding hydrogens is 386 g/mol. The summed E-state index contributed by atoms with van der Waals surface area (Å²) >= 11 is 0. The highest BCUT2D eigenvalue weighted by molar-refractivity contribution is 5.69. The molecule has 1 spiro atoms. The molecule has 0 fully saturated rings. The number of carbonyl (C=O) groups is 1. The van der Waals surface area contributed by atoms with Gasteiger partial charge in [-0.25, -0.2) is 0 Å².